The molecular weight excluding hydrogens is 366 g/mol. The molecule has 0 radical (unpaired) electrons. The van der Waals surface area contributed by atoms with Crippen LogP contribution in [0.1, 0.15) is 71.1 Å². The van der Waals surface area contributed by atoms with Crippen LogP contribution in [0.2, 0.25) is 0 Å². The van der Waals surface area contributed by atoms with Crippen molar-refractivity contribution in [2.45, 2.75) is 71.1 Å². The quantitative estimate of drug-likeness (QED) is 0.130. The zero-order valence-electron chi connectivity index (χ0n) is 17.5. The van der Waals surface area contributed by atoms with Crippen molar-refractivity contribution in [3.05, 3.63) is 12.2 Å². The maximum Gasteiger partial charge on any atom is 0.333 e. The Labute approximate surface area is 166 Å². The molecule has 0 saturated heterocycles. The van der Waals surface area contributed by atoms with Crippen LogP contribution >= 0.6 is 0 Å². The van der Waals surface area contributed by atoms with E-state index in [1.54, 1.807) is 6.92 Å². The third-order valence-electron chi connectivity index (χ3n) is 4.69. The molecule has 0 unspecified atom stereocenters. The van der Waals surface area contributed by atoms with Crippen molar-refractivity contribution in [1.82, 2.24) is 0 Å². The van der Waals surface area contributed by atoms with Crippen molar-refractivity contribution < 1.29 is 27.0 Å². The van der Waals surface area contributed by atoms with E-state index in [0.717, 1.165) is 36.8 Å². The third-order valence-corrected chi connectivity index (χ3v) is 5.50. The molecule has 0 aromatic rings. The van der Waals surface area contributed by atoms with Crippen molar-refractivity contribution in [3.63, 3.8) is 0 Å². The van der Waals surface area contributed by atoms with Crippen LogP contribution in [0.4, 0.5) is 0 Å². The van der Waals surface area contributed by atoms with E-state index in [-0.39, 0.29) is 11.7 Å². The number of carbonyl (C=O) groups is 1. The Hall–Kier alpha value is -0.920. The van der Waals surface area contributed by atoms with Crippen molar-refractivity contribution in [2.24, 2.45) is 0 Å². The summed E-state index contributed by atoms with van der Waals surface area (Å²) in [6.45, 7) is 7.57. The van der Waals surface area contributed by atoms with Gasteiger partial charge in [-0.25, -0.2) is 4.79 Å². The van der Waals surface area contributed by atoms with Gasteiger partial charge in [0.15, 0.2) is 0 Å². The van der Waals surface area contributed by atoms with Gasteiger partial charge in [0.05, 0.1) is 26.4 Å². The van der Waals surface area contributed by atoms with Crippen molar-refractivity contribution in [3.8, 4) is 0 Å². The highest BCUT2D eigenvalue weighted by Gasteiger charge is 2.15. The number of hydrogen-bond acceptors (Lipinski definition) is 4. The minimum Gasteiger partial charge on any atom is -0.456 e. The molecule has 0 atom stereocenters. The minimum atomic E-state index is -3.78. The highest BCUT2D eigenvalue weighted by molar-refractivity contribution is 7.85. The molecule has 0 aliphatic rings. The fraction of sp³-hybridized carbons (Fsp3) is 0.850. The molecule has 0 rings (SSSR count). The van der Waals surface area contributed by atoms with E-state index in [0.29, 0.717) is 18.6 Å². The number of quaternary nitrogens is 1. The van der Waals surface area contributed by atoms with Gasteiger partial charge in [0, 0.05) is 5.57 Å². The average molecular weight is 407 g/mol. The Balaban J connectivity index is 3.47. The molecule has 0 aromatic carbocycles. The first kappa shape index (κ1) is 26.1. The summed E-state index contributed by atoms with van der Waals surface area (Å²) in [5, 5.41) is 0. The summed E-state index contributed by atoms with van der Waals surface area (Å²) in [6.07, 6.45) is 10.9. The third kappa shape index (κ3) is 18.2. The van der Waals surface area contributed by atoms with E-state index in [9.17, 15) is 13.2 Å². The lowest BCUT2D eigenvalue weighted by Crippen LogP contribution is -2.43. The highest BCUT2D eigenvalue weighted by Crippen LogP contribution is 2.12. The van der Waals surface area contributed by atoms with E-state index in [2.05, 4.69) is 20.7 Å². The topological polar surface area (TPSA) is 80.7 Å². The molecule has 160 valence electrons. The summed E-state index contributed by atoms with van der Waals surface area (Å²) in [7, 11) is 0.542. The van der Waals surface area contributed by atoms with Gasteiger partial charge in [-0.1, -0.05) is 51.5 Å². The van der Waals surface area contributed by atoms with Crippen LogP contribution in [0.25, 0.3) is 0 Å². The number of unbranched alkanes of at least 4 members (excludes halogenated alkanes) is 9. The molecule has 6 nitrogen and oxygen atoms in total. The lowest BCUT2D eigenvalue weighted by molar-refractivity contribution is -0.890. The Kier molecular flexibility index (Phi) is 13.6. The summed E-state index contributed by atoms with van der Waals surface area (Å²) >= 11 is 0. The second-order valence-electron chi connectivity index (χ2n) is 8.12. The Morgan fingerprint density at radius 2 is 1.33 bits per heavy atom. The van der Waals surface area contributed by atoms with Crippen LogP contribution in [-0.4, -0.2) is 63.0 Å². The van der Waals surface area contributed by atoms with Gasteiger partial charge in [0.2, 0.25) is 0 Å². The molecule has 0 amide bonds. The zero-order chi connectivity index (χ0) is 20.8. The smallest absolute Gasteiger partial charge is 0.333 e. The Bertz CT molecular complexity index is 528. The van der Waals surface area contributed by atoms with Crippen molar-refractivity contribution in [1.29, 1.82) is 0 Å². The highest BCUT2D eigenvalue weighted by atomic mass is 32.2. The summed E-state index contributed by atoms with van der Waals surface area (Å²) in [6, 6.07) is 0. The Morgan fingerprint density at radius 3 is 1.78 bits per heavy atom. The minimum absolute atomic E-state index is 0.113. The molecule has 7 heteroatoms. The SMILES string of the molecule is C=C(C)C(=O)OCC[N+](C)(C)CCCCCCCCCCCCS(=O)(=O)O. The molecule has 0 spiro atoms. The van der Waals surface area contributed by atoms with E-state index >= 15 is 0 Å². The molecule has 0 bridgehead atoms. The summed E-state index contributed by atoms with van der Waals surface area (Å²) in [5.41, 5.74) is 0.443. The number of rotatable bonds is 17. The number of likely N-dealkylation sites (N-methyl/N-ethyl adjacent to an activating group) is 1. The maximum atomic E-state index is 11.4. The number of nitrogens with zero attached hydrogens (tertiary/aromatic N) is 1. The molecule has 0 heterocycles. The average Bonchev–Trinajstić information content (AvgIpc) is 2.54. The van der Waals surface area contributed by atoms with Crippen LogP contribution in [0.3, 0.4) is 0 Å². The fourth-order valence-corrected chi connectivity index (χ4v) is 3.43. The van der Waals surface area contributed by atoms with Gasteiger partial charge in [0.25, 0.3) is 10.1 Å². The largest absolute Gasteiger partial charge is 0.456 e. The summed E-state index contributed by atoms with van der Waals surface area (Å²) in [5.74, 6) is -0.425. The predicted molar refractivity (Wildman–Crippen MR) is 110 cm³/mol. The molecule has 0 aliphatic heterocycles. The van der Waals surface area contributed by atoms with E-state index < -0.39 is 10.1 Å². The number of esters is 1. The second kappa shape index (κ2) is 14.1. The van der Waals surface area contributed by atoms with Crippen LogP contribution in [0, 0.1) is 0 Å². The molecule has 1 N–H and O–H groups in total. The standard InChI is InChI=1S/C20H39NO5S/c1-19(2)20(22)26-17-16-21(3,4)15-13-11-9-7-5-6-8-10-12-14-18-27(23,24)25/h1,5-18H2,2-4H3/p+1. The number of hydrogen-bond donors (Lipinski definition) is 1. The van der Waals surface area contributed by atoms with Gasteiger partial charge >= 0.3 is 5.97 Å². The first-order valence-corrected chi connectivity index (χ1v) is 11.7. The zero-order valence-corrected chi connectivity index (χ0v) is 18.4. The lowest BCUT2D eigenvalue weighted by Gasteiger charge is -2.29. The molecule has 0 fully saturated rings. The first-order chi connectivity index (χ1) is 12.5. The van der Waals surface area contributed by atoms with Crippen molar-refractivity contribution >= 4 is 16.1 Å². The molecule has 0 aliphatic carbocycles. The molecule has 0 saturated carbocycles. The van der Waals surface area contributed by atoms with Crippen LogP contribution in [0.15, 0.2) is 12.2 Å². The molecule has 0 aromatic heterocycles. The normalized spacial score (nSPS) is 12.1. The van der Waals surface area contributed by atoms with Crippen LogP contribution in [-0.2, 0) is 19.6 Å². The first-order valence-electron chi connectivity index (χ1n) is 10.1. The predicted octanol–water partition coefficient (Wildman–Crippen LogP) is 3.97. The second-order valence-corrected chi connectivity index (χ2v) is 9.69. The van der Waals surface area contributed by atoms with E-state index in [4.69, 9.17) is 9.29 Å². The van der Waals surface area contributed by atoms with E-state index in [1.807, 2.05) is 0 Å². The summed E-state index contributed by atoms with van der Waals surface area (Å²) in [4.78, 5) is 11.4. The number of ether oxygens (including phenoxy) is 1. The van der Waals surface area contributed by atoms with Gasteiger partial charge in [-0.05, 0) is 26.2 Å². The van der Waals surface area contributed by atoms with Crippen LogP contribution < -0.4 is 0 Å². The van der Waals surface area contributed by atoms with Gasteiger partial charge < -0.3 is 9.22 Å². The molecule has 27 heavy (non-hydrogen) atoms. The lowest BCUT2D eigenvalue weighted by atomic mass is 10.1. The van der Waals surface area contributed by atoms with Gasteiger partial charge in [-0.2, -0.15) is 8.42 Å². The number of carbonyl (C=O) groups excluding carboxylic acids is 1. The van der Waals surface area contributed by atoms with Gasteiger partial charge in [-0.3, -0.25) is 4.55 Å². The van der Waals surface area contributed by atoms with Crippen LogP contribution in [0.5, 0.6) is 0 Å². The van der Waals surface area contributed by atoms with Gasteiger partial charge in [-0.15, -0.1) is 0 Å². The van der Waals surface area contributed by atoms with Crippen molar-refractivity contribution in [2.75, 3.05) is 39.5 Å². The van der Waals surface area contributed by atoms with E-state index in [1.165, 1.54) is 38.5 Å². The maximum absolute atomic E-state index is 11.4. The monoisotopic (exact) mass is 406 g/mol. The Morgan fingerprint density at radius 1 is 0.889 bits per heavy atom. The molecular formula is C20H40NO5S+. The summed E-state index contributed by atoms with van der Waals surface area (Å²) < 4.78 is 35.8. The fourth-order valence-electron chi connectivity index (χ4n) is 2.86. The van der Waals surface area contributed by atoms with Gasteiger partial charge in [0.1, 0.15) is 13.2 Å².